The maximum atomic E-state index is 12.5. The molecule has 1 aliphatic carbocycles. The van der Waals surface area contributed by atoms with Crippen LogP contribution in [-0.2, 0) is 4.74 Å². The first-order valence-corrected chi connectivity index (χ1v) is 8.97. The highest BCUT2D eigenvalue weighted by Gasteiger charge is 2.18. The van der Waals surface area contributed by atoms with Crippen molar-refractivity contribution in [2.24, 2.45) is 0 Å². The molecule has 1 fully saturated rings. The standard InChI is InChI=1S/C21H22N2O4/c1-27-21(26)16-8-5-11-18(13-16)23-20(25)15-7-4-6-14(12-15)19(24)22-17-9-2-3-10-17/h4-8,11-13,17H,2-3,9-10H2,1H3,(H,22,24)(H,23,25). The van der Waals surface area contributed by atoms with Crippen LogP contribution in [0.1, 0.15) is 56.8 Å². The van der Waals surface area contributed by atoms with Crippen molar-refractivity contribution in [1.29, 1.82) is 0 Å². The molecule has 1 aliphatic rings. The molecule has 0 unspecified atom stereocenters. The Hall–Kier alpha value is -3.15. The number of rotatable bonds is 5. The van der Waals surface area contributed by atoms with Crippen LogP contribution in [0.15, 0.2) is 48.5 Å². The van der Waals surface area contributed by atoms with Gasteiger partial charge in [-0.2, -0.15) is 0 Å². The summed E-state index contributed by atoms with van der Waals surface area (Å²) in [6.45, 7) is 0. The number of nitrogens with one attached hydrogen (secondary N) is 2. The molecular formula is C21H22N2O4. The fourth-order valence-corrected chi connectivity index (χ4v) is 3.19. The van der Waals surface area contributed by atoms with Gasteiger partial charge in [0.2, 0.25) is 0 Å². The van der Waals surface area contributed by atoms with Crippen LogP contribution in [0.2, 0.25) is 0 Å². The molecule has 2 amide bonds. The summed E-state index contributed by atoms with van der Waals surface area (Å²) in [5, 5.41) is 5.75. The van der Waals surface area contributed by atoms with Crippen LogP contribution in [-0.4, -0.2) is 30.9 Å². The van der Waals surface area contributed by atoms with Crippen LogP contribution in [0.25, 0.3) is 0 Å². The predicted octanol–water partition coefficient (Wildman–Crippen LogP) is 3.40. The molecule has 0 aliphatic heterocycles. The minimum absolute atomic E-state index is 0.163. The van der Waals surface area contributed by atoms with Gasteiger partial charge in [0.1, 0.15) is 0 Å². The van der Waals surface area contributed by atoms with Crippen LogP contribution >= 0.6 is 0 Å². The van der Waals surface area contributed by atoms with Gasteiger partial charge in [-0.15, -0.1) is 0 Å². The van der Waals surface area contributed by atoms with Gasteiger partial charge in [-0.25, -0.2) is 4.79 Å². The molecule has 0 radical (unpaired) electrons. The third kappa shape index (κ3) is 4.73. The Morgan fingerprint density at radius 1 is 0.889 bits per heavy atom. The molecule has 2 N–H and O–H groups in total. The molecule has 3 rings (SSSR count). The Labute approximate surface area is 157 Å². The first-order valence-electron chi connectivity index (χ1n) is 8.97. The number of amides is 2. The van der Waals surface area contributed by atoms with Crippen molar-refractivity contribution in [3.63, 3.8) is 0 Å². The maximum Gasteiger partial charge on any atom is 0.337 e. The number of anilines is 1. The monoisotopic (exact) mass is 366 g/mol. The van der Waals surface area contributed by atoms with Crippen LogP contribution in [0.4, 0.5) is 5.69 Å². The highest BCUT2D eigenvalue weighted by atomic mass is 16.5. The fourth-order valence-electron chi connectivity index (χ4n) is 3.19. The number of carbonyl (C=O) groups excluding carboxylic acids is 3. The van der Waals surface area contributed by atoms with Gasteiger partial charge in [0, 0.05) is 22.9 Å². The van der Waals surface area contributed by atoms with E-state index in [0.29, 0.717) is 22.4 Å². The minimum atomic E-state index is -0.475. The predicted molar refractivity (Wildman–Crippen MR) is 102 cm³/mol. The number of methoxy groups -OCH3 is 1. The van der Waals surface area contributed by atoms with Gasteiger partial charge in [0.25, 0.3) is 11.8 Å². The number of benzene rings is 2. The van der Waals surface area contributed by atoms with Crippen molar-refractivity contribution in [2.45, 2.75) is 31.7 Å². The lowest BCUT2D eigenvalue weighted by Gasteiger charge is -2.12. The molecule has 2 aromatic carbocycles. The molecule has 0 atom stereocenters. The molecule has 6 nitrogen and oxygen atoms in total. The molecular weight excluding hydrogens is 344 g/mol. The Balaban J connectivity index is 1.70. The largest absolute Gasteiger partial charge is 0.465 e. The summed E-state index contributed by atoms with van der Waals surface area (Å²) in [5.74, 6) is -0.992. The number of hydrogen-bond acceptors (Lipinski definition) is 4. The molecule has 0 aromatic heterocycles. The topological polar surface area (TPSA) is 84.5 Å². The highest BCUT2D eigenvalue weighted by molar-refractivity contribution is 6.06. The van der Waals surface area contributed by atoms with E-state index in [1.165, 1.54) is 7.11 Å². The van der Waals surface area contributed by atoms with Crippen molar-refractivity contribution in [2.75, 3.05) is 12.4 Å². The van der Waals surface area contributed by atoms with Crippen molar-refractivity contribution in [1.82, 2.24) is 5.32 Å². The van der Waals surface area contributed by atoms with E-state index in [9.17, 15) is 14.4 Å². The van der Waals surface area contributed by atoms with Crippen LogP contribution < -0.4 is 10.6 Å². The quantitative estimate of drug-likeness (QED) is 0.795. The number of esters is 1. The summed E-state index contributed by atoms with van der Waals surface area (Å²) >= 11 is 0. The second-order valence-electron chi connectivity index (χ2n) is 6.56. The van der Waals surface area contributed by atoms with E-state index in [1.807, 2.05) is 0 Å². The third-order valence-electron chi connectivity index (χ3n) is 4.62. The Morgan fingerprint density at radius 2 is 1.52 bits per heavy atom. The van der Waals surface area contributed by atoms with E-state index >= 15 is 0 Å². The van der Waals surface area contributed by atoms with Crippen molar-refractivity contribution in [3.05, 3.63) is 65.2 Å². The average molecular weight is 366 g/mol. The molecule has 6 heteroatoms. The summed E-state index contributed by atoms with van der Waals surface area (Å²) in [5.41, 5.74) is 1.65. The zero-order chi connectivity index (χ0) is 19.2. The van der Waals surface area contributed by atoms with E-state index in [1.54, 1.807) is 48.5 Å². The average Bonchev–Trinajstić information content (AvgIpc) is 3.20. The fraction of sp³-hybridized carbons (Fsp3) is 0.286. The summed E-state index contributed by atoms with van der Waals surface area (Å²) in [6, 6.07) is 13.3. The van der Waals surface area contributed by atoms with Gasteiger partial charge >= 0.3 is 5.97 Å². The lowest BCUT2D eigenvalue weighted by molar-refractivity contribution is 0.0600. The molecule has 1 saturated carbocycles. The highest BCUT2D eigenvalue weighted by Crippen LogP contribution is 2.19. The summed E-state index contributed by atoms with van der Waals surface area (Å²) in [6.07, 6.45) is 4.28. The number of ether oxygens (including phenoxy) is 1. The lowest BCUT2D eigenvalue weighted by atomic mass is 10.1. The van der Waals surface area contributed by atoms with Crippen LogP contribution in [0, 0.1) is 0 Å². The van der Waals surface area contributed by atoms with E-state index < -0.39 is 5.97 Å². The normalized spacial score (nSPS) is 13.8. The summed E-state index contributed by atoms with van der Waals surface area (Å²) in [7, 11) is 1.30. The third-order valence-corrected chi connectivity index (χ3v) is 4.62. The molecule has 27 heavy (non-hydrogen) atoms. The van der Waals surface area contributed by atoms with E-state index in [4.69, 9.17) is 0 Å². The lowest BCUT2D eigenvalue weighted by Crippen LogP contribution is -2.32. The van der Waals surface area contributed by atoms with Crippen LogP contribution in [0.3, 0.4) is 0 Å². The molecule has 0 heterocycles. The summed E-state index contributed by atoms with van der Waals surface area (Å²) in [4.78, 5) is 36.5. The first-order chi connectivity index (χ1) is 13.1. The van der Waals surface area contributed by atoms with Gasteiger partial charge in [-0.1, -0.05) is 25.0 Å². The van der Waals surface area contributed by atoms with Crippen molar-refractivity contribution < 1.29 is 19.1 Å². The van der Waals surface area contributed by atoms with Gasteiger partial charge in [0.15, 0.2) is 0 Å². The Kier molecular flexibility index (Phi) is 5.86. The molecule has 0 spiro atoms. The smallest absolute Gasteiger partial charge is 0.337 e. The second-order valence-corrected chi connectivity index (χ2v) is 6.56. The first kappa shape index (κ1) is 18.6. The van der Waals surface area contributed by atoms with E-state index in [0.717, 1.165) is 25.7 Å². The van der Waals surface area contributed by atoms with Gasteiger partial charge < -0.3 is 15.4 Å². The zero-order valence-corrected chi connectivity index (χ0v) is 15.2. The second kappa shape index (κ2) is 8.49. The zero-order valence-electron chi connectivity index (χ0n) is 15.2. The molecule has 0 bridgehead atoms. The van der Waals surface area contributed by atoms with Gasteiger partial charge in [0.05, 0.1) is 12.7 Å². The van der Waals surface area contributed by atoms with Crippen LogP contribution in [0.5, 0.6) is 0 Å². The Morgan fingerprint density at radius 3 is 2.22 bits per heavy atom. The van der Waals surface area contributed by atoms with Crippen molar-refractivity contribution in [3.8, 4) is 0 Å². The molecule has 0 saturated heterocycles. The minimum Gasteiger partial charge on any atom is -0.465 e. The van der Waals surface area contributed by atoms with Gasteiger partial charge in [-0.05, 0) is 49.2 Å². The van der Waals surface area contributed by atoms with Crippen molar-refractivity contribution >= 4 is 23.5 Å². The van der Waals surface area contributed by atoms with E-state index in [-0.39, 0.29) is 17.9 Å². The summed E-state index contributed by atoms with van der Waals surface area (Å²) < 4.78 is 4.68. The Bertz CT molecular complexity index is 857. The SMILES string of the molecule is COC(=O)c1cccc(NC(=O)c2cccc(C(=O)NC3CCCC3)c2)c1. The molecule has 2 aromatic rings. The molecule has 140 valence electrons. The van der Waals surface area contributed by atoms with Gasteiger partial charge in [-0.3, -0.25) is 9.59 Å². The number of hydrogen-bond donors (Lipinski definition) is 2. The maximum absolute atomic E-state index is 12.5. The van der Waals surface area contributed by atoms with E-state index in [2.05, 4.69) is 15.4 Å². The number of carbonyl (C=O) groups is 3.